The highest BCUT2D eigenvalue weighted by molar-refractivity contribution is 8.00. The number of hydrogen-bond donors (Lipinski definition) is 1. The van der Waals surface area contributed by atoms with Crippen molar-refractivity contribution in [2.75, 3.05) is 37.0 Å². The van der Waals surface area contributed by atoms with Gasteiger partial charge in [0.25, 0.3) is 0 Å². The van der Waals surface area contributed by atoms with E-state index in [0.717, 1.165) is 31.2 Å². The Morgan fingerprint density at radius 3 is 2.53 bits per heavy atom. The number of rotatable bonds is 4. The van der Waals surface area contributed by atoms with Crippen molar-refractivity contribution in [3.8, 4) is 0 Å². The predicted molar refractivity (Wildman–Crippen MR) is 67.8 cm³/mol. The van der Waals surface area contributed by atoms with Gasteiger partial charge in [0.2, 0.25) is 0 Å². The molecule has 0 unspecified atom stereocenters. The van der Waals surface area contributed by atoms with E-state index in [9.17, 15) is 4.79 Å². The van der Waals surface area contributed by atoms with E-state index < -0.39 is 5.97 Å². The van der Waals surface area contributed by atoms with Crippen LogP contribution in [0, 0.1) is 0 Å². The molecule has 1 aromatic rings. The SMILES string of the molecule is O=C(O)CSc1ccc(N2CCOCC2)cc1. The van der Waals surface area contributed by atoms with Gasteiger partial charge in [-0.2, -0.15) is 0 Å². The molecule has 0 saturated carbocycles. The third-order valence-electron chi connectivity index (χ3n) is 2.58. The molecule has 0 aromatic heterocycles. The Labute approximate surface area is 105 Å². The number of morpholine rings is 1. The molecule has 17 heavy (non-hydrogen) atoms. The van der Waals surface area contributed by atoms with Gasteiger partial charge in [-0.3, -0.25) is 4.79 Å². The number of hydrogen-bond acceptors (Lipinski definition) is 4. The summed E-state index contributed by atoms with van der Waals surface area (Å²) in [6, 6.07) is 8.02. The lowest BCUT2D eigenvalue weighted by atomic mass is 10.2. The normalized spacial score (nSPS) is 15.9. The number of benzene rings is 1. The van der Waals surface area contributed by atoms with Gasteiger partial charge >= 0.3 is 5.97 Å². The maximum Gasteiger partial charge on any atom is 0.313 e. The lowest BCUT2D eigenvalue weighted by Crippen LogP contribution is -2.36. The van der Waals surface area contributed by atoms with Crippen LogP contribution in [0.1, 0.15) is 0 Å². The minimum Gasteiger partial charge on any atom is -0.481 e. The Balaban J connectivity index is 1.94. The van der Waals surface area contributed by atoms with E-state index in [4.69, 9.17) is 9.84 Å². The van der Waals surface area contributed by atoms with E-state index in [-0.39, 0.29) is 5.75 Å². The molecule has 0 atom stereocenters. The van der Waals surface area contributed by atoms with Gasteiger partial charge in [-0.1, -0.05) is 0 Å². The molecular formula is C12H15NO3S. The second-order valence-corrected chi connectivity index (χ2v) is 4.82. The molecule has 0 aliphatic carbocycles. The summed E-state index contributed by atoms with van der Waals surface area (Å²) in [4.78, 5) is 13.7. The summed E-state index contributed by atoms with van der Waals surface area (Å²) in [6.45, 7) is 3.38. The fraction of sp³-hybridized carbons (Fsp3) is 0.417. The Kier molecular flexibility index (Phi) is 4.28. The van der Waals surface area contributed by atoms with Crippen molar-refractivity contribution in [3.05, 3.63) is 24.3 Å². The average Bonchev–Trinajstić information content (AvgIpc) is 2.38. The van der Waals surface area contributed by atoms with Gasteiger partial charge in [-0.25, -0.2) is 0 Å². The van der Waals surface area contributed by atoms with Crippen molar-refractivity contribution in [2.24, 2.45) is 0 Å². The second kappa shape index (κ2) is 5.93. The van der Waals surface area contributed by atoms with E-state index in [2.05, 4.69) is 4.90 Å². The summed E-state index contributed by atoms with van der Waals surface area (Å²) in [5.74, 6) is -0.677. The fourth-order valence-electron chi connectivity index (χ4n) is 1.72. The number of carbonyl (C=O) groups is 1. The maximum atomic E-state index is 10.4. The van der Waals surface area contributed by atoms with Gasteiger partial charge in [0.15, 0.2) is 0 Å². The van der Waals surface area contributed by atoms with Crippen LogP contribution in [0.15, 0.2) is 29.2 Å². The first-order valence-corrected chi connectivity index (χ1v) is 6.51. The van der Waals surface area contributed by atoms with Gasteiger partial charge in [0.05, 0.1) is 19.0 Å². The lowest BCUT2D eigenvalue weighted by molar-refractivity contribution is -0.133. The highest BCUT2D eigenvalue weighted by Crippen LogP contribution is 2.22. The standard InChI is InChI=1S/C12H15NO3S/c14-12(15)9-17-11-3-1-10(2-4-11)13-5-7-16-8-6-13/h1-4H,5-9H2,(H,14,15). The zero-order chi connectivity index (χ0) is 12.1. The van der Waals surface area contributed by atoms with Gasteiger partial charge < -0.3 is 14.7 Å². The molecule has 1 aromatic carbocycles. The van der Waals surface area contributed by atoms with Crippen molar-refractivity contribution in [1.29, 1.82) is 0 Å². The van der Waals surface area contributed by atoms with Crippen LogP contribution in [-0.4, -0.2) is 43.1 Å². The zero-order valence-corrected chi connectivity index (χ0v) is 10.3. The summed E-state index contributed by atoms with van der Waals surface area (Å²) in [5, 5.41) is 8.59. The topological polar surface area (TPSA) is 49.8 Å². The maximum absolute atomic E-state index is 10.4. The van der Waals surface area contributed by atoms with Crippen molar-refractivity contribution in [2.45, 2.75) is 4.90 Å². The number of thioether (sulfide) groups is 1. The molecule has 4 nitrogen and oxygen atoms in total. The molecule has 1 fully saturated rings. The molecule has 1 aliphatic heterocycles. The van der Waals surface area contributed by atoms with Crippen molar-refractivity contribution in [3.63, 3.8) is 0 Å². The van der Waals surface area contributed by atoms with Crippen molar-refractivity contribution in [1.82, 2.24) is 0 Å². The van der Waals surface area contributed by atoms with Crippen LogP contribution in [0.5, 0.6) is 0 Å². The molecule has 0 bridgehead atoms. The van der Waals surface area contributed by atoms with Crippen LogP contribution in [0.3, 0.4) is 0 Å². The zero-order valence-electron chi connectivity index (χ0n) is 9.46. The number of carboxylic acid groups (broad SMARTS) is 1. The number of anilines is 1. The van der Waals surface area contributed by atoms with Gasteiger partial charge in [-0.05, 0) is 24.3 Å². The number of carboxylic acids is 1. The quantitative estimate of drug-likeness (QED) is 0.828. The molecule has 1 aliphatic rings. The molecule has 0 amide bonds. The molecule has 0 radical (unpaired) electrons. The highest BCUT2D eigenvalue weighted by Gasteiger charge is 2.10. The van der Waals surface area contributed by atoms with Crippen LogP contribution in [-0.2, 0) is 9.53 Å². The van der Waals surface area contributed by atoms with E-state index >= 15 is 0 Å². The number of aliphatic carboxylic acids is 1. The minimum atomic E-state index is -0.785. The van der Waals surface area contributed by atoms with Crippen molar-refractivity contribution < 1.29 is 14.6 Å². The Morgan fingerprint density at radius 2 is 1.94 bits per heavy atom. The first-order valence-electron chi connectivity index (χ1n) is 5.53. The number of nitrogens with zero attached hydrogens (tertiary/aromatic N) is 1. The van der Waals surface area contributed by atoms with E-state index in [1.165, 1.54) is 17.4 Å². The Bertz CT molecular complexity index is 374. The average molecular weight is 253 g/mol. The van der Waals surface area contributed by atoms with Crippen LogP contribution in [0.25, 0.3) is 0 Å². The Morgan fingerprint density at radius 1 is 1.29 bits per heavy atom. The van der Waals surface area contributed by atoms with E-state index in [1.54, 1.807) is 0 Å². The van der Waals surface area contributed by atoms with Crippen LogP contribution in [0.4, 0.5) is 5.69 Å². The molecule has 1 N–H and O–H groups in total. The summed E-state index contributed by atoms with van der Waals surface area (Å²) in [7, 11) is 0. The van der Waals surface area contributed by atoms with E-state index in [0.29, 0.717) is 0 Å². The van der Waals surface area contributed by atoms with E-state index in [1.807, 2.05) is 24.3 Å². The molecular weight excluding hydrogens is 238 g/mol. The molecule has 2 rings (SSSR count). The van der Waals surface area contributed by atoms with Gasteiger partial charge in [0.1, 0.15) is 0 Å². The van der Waals surface area contributed by atoms with Crippen LogP contribution >= 0.6 is 11.8 Å². The monoisotopic (exact) mass is 253 g/mol. The fourth-order valence-corrected chi connectivity index (χ4v) is 2.34. The third kappa shape index (κ3) is 3.64. The molecule has 92 valence electrons. The summed E-state index contributed by atoms with van der Waals surface area (Å²) in [6.07, 6.45) is 0. The Hall–Kier alpha value is -1.20. The smallest absolute Gasteiger partial charge is 0.313 e. The summed E-state index contributed by atoms with van der Waals surface area (Å²) < 4.78 is 5.30. The number of ether oxygens (including phenoxy) is 1. The first-order chi connectivity index (χ1) is 8.25. The van der Waals surface area contributed by atoms with Gasteiger partial charge in [0, 0.05) is 23.7 Å². The highest BCUT2D eigenvalue weighted by atomic mass is 32.2. The minimum absolute atomic E-state index is 0.108. The molecule has 1 heterocycles. The first kappa shape index (κ1) is 12.3. The van der Waals surface area contributed by atoms with Crippen LogP contribution in [0.2, 0.25) is 0 Å². The largest absolute Gasteiger partial charge is 0.481 e. The molecule has 1 saturated heterocycles. The molecule has 0 spiro atoms. The molecule has 5 heteroatoms. The third-order valence-corrected chi connectivity index (χ3v) is 3.57. The predicted octanol–water partition coefficient (Wildman–Crippen LogP) is 1.70. The van der Waals surface area contributed by atoms with Crippen LogP contribution < -0.4 is 4.90 Å². The lowest BCUT2D eigenvalue weighted by Gasteiger charge is -2.28. The second-order valence-electron chi connectivity index (χ2n) is 3.78. The summed E-state index contributed by atoms with van der Waals surface area (Å²) >= 11 is 1.34. The summed E-state index contributed by atoms with van der Waals surface area (Å²) in [5.41, 5.74) is 1.17. The van der Waals surface area contributed by atoms with Gasteiger partial charge in [-0.15, -0.1) is 11.8 Å². The van der Waals surface area contributed by atoms with Crippen molar-refractivity contribution >= 4 is 23.4 Å².